The van der Waals surface area contributed by atoms with Crippen molar-refractivity contribution in [3.63, 3.8) is 0 Å². The lowest BCUT2D eigenvalue weighted by atomic mass is 9.47. The number of hydrogen-bond donors (Lipinski definition) is 0. The number of allylic oxidation sites excluding steroid dienone is 1. The Morgan fingerprint density at radius 2 is 1.81 bits per heavy atom. The molecule has 4 rings (SSSR count). The highest BCUT2D eigenvalue weighted by Gasteiger charge is 2.59. The van der Waals surface area contributed by atoms with Gasteiger partial charge >= 0.3 is 0 Å². The van der Waals surface area contributed by atoms with Crippen molar-refractivity contribution < 1.29 is 4.74 Å². The molecule has 0 aromatic carbocycles. The summed E-state index contributed by atoms with van der Waals surface area (Å²) < 4.78 is 6.19. The van der Waals surface area contributed by atoms with Gasteiger partial charge in [0.2, 0.25) is 0 Å². The van der Waals surface area contributed by atoms with Crippen molar-refractivity contribution in [3.8, 4) is 0 Å². The quantitative estimate of drug-likeness (QED) is 0.351. The van der Waals surface area contributed by atoms with Crippen molar-refractivity contribution in [2.45, 2.75) is 125 Å². The molecule has 4 aliphatic carbocycles. The van der Waals surface area contributed by atoms with Crippen LogP contribution in [0.5, 0.6) is 0 Å². The van der Waals surface area contributed by atoms with Crippen molar-refractivity contribution in [1.29, 1.82) is 0 Å². The minimum absolute atomic E-state index is 0.470. The van der Waals surface area contributed by atoms with E-state index in [1.54, 1.807) is 5.57 Å². The average Bonchev–Trinajstić information content (AvgIpc) is 3.09. The second kappa shape index (κ2) is 9.52. The molecule has 0 radical (unpaired) electrons. The van der Waals surface area contributed by atoms with Gasteiger partial charge in [0.25, 0.3) is 0 Å². The van der Waals surface area contributed by atoms with Crippen LogP contribution in [0.1, 0.15) is 119 Å². The number of ether oxygens (including phenoxy) is 1. The van der Waals surface area contributed by atoms with Crippen molar-refractivity contribution in [2.24, 2.45) is 46.3 Å². The first-order valence-electron chi connectivity index (χ1n) is 14.1. The standard InChI is InChI=1S/C30H52O/c1-7-19-31-24-15-17-29(5)23(20-24)11-12-25-27-14-13-26(22(4)10-8-9-21(2)3)30(27,6)18-16-28(25)29/h11,21-22,24-28H,7-10,12-20H2,1-6H3/t22-,24+,25+,26-,27?,28?,29+,30-/m1/s1. The highest BCUT2D eigenvalue weighted by molar-refractivity contribution is 5.25. The third-order valence-corrected chi connectivity index (χ3v) is 10.8. The number of fused-ring (bicyclic) bond motifs is 5. The second-order valence-corrected chi connectivity index (χ2v) is 13.0. The Morgan fingerprint density at radius 1 is 1.00 bits per heavy atom. The average molecular weight is 429 g/mol. The molecule has 1 nitrogen and oxygen atoms in total. The highest BCUT2D eigenvalue weighted by atomic mass is 16.5. The van der Waals surface area contributed by atoms with Gasteiger partial charge in [0.15, 0.2) is 0 Å². The zero-order chi connectivity index (χ0) is 22.2. The smallest absolute Gasteiger partial charge is 0.0612 e. The predicted molar refractivity (Wildman–Crippen MR) is 133 cm³/mol. The van der Waals surface area contributed by atoms with Crippen molar-refractivity contribution in [3.05, 3.63) is 11.6 Å². The van der Waals surface area contributed by atoms with Gasteiger partial charge in [-0.05, 0) is 104 Å². The summed E-state index contributed by atoms with van der Waals surface area (Å²) in [4.78, 5) is 0. The first kappa shape index (κ1) is 23.8. The van der Waals surface area contributed by atoms with E-state index in [-0.39, 0.29) is 0 Å². The molecule has 1 heteroatoms. The maximum atomic E-state index is 6.19. The van der Waals surface area contributed by atoms with Crippen molar-refractivity contribution >= 4 is 0 Å². The molecule has 4 aliphatic rings. The van der Waals surface area contributed by atoms with Crippen LogP contribution in [0.4, 0.5) is 0 Å². The maximum absolute atomic E-state index is 6.19. The molecule has 8 atom stereocenters. The Kier molecular flexibility index (Phi) is 7.32. The summed E-state index contributed by atoms with van der Waals surface area (Å²) in [7, 11) is 0. The lowest BCUT2D eigenvalue weighted by Gasteiger charge is -2.58. The Bertz CT molecular complexity index is 634. The van der Waals surface area contributed by atoms with Crippen LogP contribution in [0.2, 0.25) is 0 Å². The van der Waals surface area contributed by atoms with Crippen molar-refractivity contribution in [2.75, 3.05) is 6.61 Å². The topological polar surface area (TPSA) is 9.23 Å². The monoisotopic (exact) mass is 428 g/mol. The molecular formula is C30H52O. The van der Waals surface area contributed by atoms with Crippen LogP contribution in [0.3, 0.4) is 0 Å². The first-order valence-corrected chi connectivity index (χ1v) is 14.1. The molecule has 0 N–H and O–H groups in total. The third-order valence-electron chi connectivity index (χ3n) is 10.8. The SMILES string of the molecule is CCCO[C@H]1CC[C@@]2(C)C(=CC[C@@H]3C2CC[C@@]2(C)C3CC[C@@H]2[C@H](C)CCCC(C)C)C1. The molecule has 0 saturated heterocycles. The maximum Gasteiger partial charge on any atom is 0.0612 e. The first-order chi connectivity index (χ1) is 14.8. The minimum atomic E-state index is 0.470. The van der Waals surface area contributed by atoms with E-state index in [9.17, 15) is 0 Å². The van der Waals surface area contributed by atoms with E-state index in [0.717, 1.165) is 48.5 Å². The zero-order valence-electron chi connectivity index (χ0n) is 21.7. The summed E-state index contributed by atoms with van der Waals surface area (Å²) in [6.45, 7) is 15.9. The zero-order valence-corrected chi connectivity index (χ0v) is 21.7. The summed E-state index contributed by atoms with van der Waals surface area (Å²) in [5.41, 5.74) is 2.86. The molecule has 0 aliphatic heterocycles. The van der Waals surface area contributed by atoms with Crippen LogP contribution in [0, 0.1) is 46.3 Å². The molecule has 178 valence electrons. The largest absolute Gasteiger partial charge is 0.378 e. The third kappa shape index (κ3) is 4.43. The molecule has 0 aromatic rings. The normalized spacial score (nSPS) is 43.2. The number of rotatable bonds is 8. The van der Waals surface area contributed by atoms with Crippen LogP contribution >= 0.6 is 0 Å². The molecule has 31 heavy (non-hydrogen) atoms. The van der Waals surface area contributed by atoms with Gasteiger partial charge in [0.1, 0.15) is 0 Å². The molecule has 0 bridgehead atoms. The van der Waals surface area contributed by atoms with Gasteiger partial charge in [-0.3, -0.25) is 0 Å². The van der Waals surface area contributed by atoms with E-state index in [0.29, 0.717) is 16.9 Å². The Labute approximate surface area is 194 Å². The van der Waals surface area contributed by atoms with Crippen LogP contribution in [0.25, 0.3) is 0 Å². The van der Waals surface area contributed by atoms with Crippen molar-refractivity contribution in [1.82, 2.24) is 0 Å². The molecule has 0 heterocycles. The van der Waals surface area contributed by atoms with Crippen LogP contribution < -0.4 is 0 Å². The highest BCUT2D eigenvalue weighted by Crippen LogP contribution is 2.67. The molecule has 3 fully saturated rings. The van der Waals surface area contributed by atoms with Gasteiger partial charge in [-0.25, -0.2) is 0 Å². The van der Waals surface area contributed by atoms with E-state index < -0.39 is 0 Å². The van der Waals surface area contributed by atoms with E-state index in [1.165, 1.54) is 70.6 Å². The van der Waals surface area contributed by atoms with E-state index in [4.69, 9.17) is 4.74 Å². The number of hydrogen-bond acceptors (Lipinski definition) is 1. The fourth-order valence-electron chi connectivity index (χ4n) is 9.08. The van der Waals surface area contributed by atoms with Crippen LogP contribution in [-0.4, -0.2) is 12.7 Å². The second-order valence-electron chi connectivity index (χ2n) is 13.0. The molecule has 2 unspecified atom stereocenters. The molecule has 0 spiro atoms. The summed E-state index contributed by atoms with van der Waals surface area (Å²) in [6.07, 6.45) is 19.9. The minimum Gasteiger partial charge on any atom is -0.378 e. The molecule has 0 aromatic heterocycles. The van der Waals surface area contributed by atoms with E-state index in [1.807, 2.05) is 0 Å². The Morgan fingerprint density at radius 3 is 2.55 bits per heavy atom. The van der Waals surface area contributed by atoms with Gasteiger partial charge in [-0.1, -0.05) is 72.5 Å². The van der Waals surface area contributed by atoms with E-state index >= 15 is 0 Å². The Balaban J connectivity index is 1.45. The van der Waals surface area contributed by atoms with Crippen LogP contribution in [0.15, 0.2) is 11.6 Å². The summed E-state index contributed by atoms with van der Waals surface area (Å²) in [5, 5.41) is 0. The molecule has 3 saturated carbocycles. The fraction of sp³-hybridized carbons (Fsp3) is 0.933. The molecule has 0 amide bonds. The summed E-state index contributed by atoms with van der Waals surface area (Å²) >= 11 is 0. The lowest BCUT2D eigenvalue weighted by Crippen LogP contribution is -2.51. The predicted octanol–water partition coefficient (Wildman–Crippen LogP) is 8.82. The van der Waals surface area contributed by atoms with Gasteiger partial charge in [-0.15, -0.1) is 0 Å². The molecular weight excluding hydrogens is 376 g/mol. The van der Waals surface area contributed by atoms with Gasteiger partial charge in [-0.2, -0.15) is 0 Å². The van der Waals surface area contributed by atoms with Crippen LogP contribution in [-0.2, 0) is 4.74 Å². The fourth-order valence-corrected chi connectivity index (χ4v) is 9.08. The summed E-state index contributed by atoms with van der Waals surface area (Å²) in [5.74, 6) is 5.62. The van der Waals surface area contributed by atoms with Gasteiger partial charge in [0.05, 0.1) is 6.10 Å². The summed E-state index contributed by atoms with van der Waals surface area (Å²) in [6, 6.07) is 0. The van der Waals surface area contributed by atoms with Gasteiger partial charge < -0.3 is 4.74 Å². The lowest BCUT2D eigenvalue weighted by molar-refractivity contribution is -0.0638. The Hall–Kier alpha value is -0.300. The van der Waals surface area contributed by atoms with Gasteiger partial charge in [0, 0.05) is 6.61 Å². The van der Waals surface area contributed by atoms with E-state index in [2.05, 4.69) is 47.6 Å².